The molecule has 7 aromatic rings. The van der Waals surface area contributed by atoms with Crippen molar-refractivity contribution in [2.75, 3.05) is 10.2 Å². The topological polar surface area (TPSA) is 15.3 Å². The first-order valence-electron chi connectivity index (χ1n) is 13.6. The lowest BCUT2D eigenvalue weighted by Gasteiger charge is -2.28. The smallest absolute Gasteiger partial charge is 0.0540 e. The van der Waals surface area contributed by atoms with Crippen molar-refractivity contribution in [1.82, 2.24) is 0 Å². The second-order valence-electron chi connectivity index (χ2n) is 9.92. The van der Waals surface area contributed by atoms with Crippen LogP contribution in [0.5, 0.6) is 0 Å². The third-order valence-electron chi connectivity index (χ3n) is 7.43. The molecule has 0 atom stereocenters. The van der Waals surface area contributed by atoms with Gasteiger partial charge in [0.15, 0.2) is 0 Å². The number of rotatable bonds is 6. The number of nitrogens with one attached hydrogen (secondary N) is 1. The van der Waals surface area contributed by atoms with Gasteiger partial charge in [-0.3, -0.25) is 0 Å². The summed E-state index contributed by atoms with van der Waals surface area (Å²) in [6.45, 7) is 0. The van der Waals surface area contributed by atoms with Crippen LogP contribution in [-0.2, 0) is 0 Å². The van der Waals surface area contributed by atoms with E-state index in [2.05, 4.69) is 174 Å². The summed E-state index contributed by atoms with van der Waals surface area (Å²) >= 11 is 0. The minimum Gasteiger partial charge on any atom is -0.354 e. The molecule has 7 aromatic carbocycles. The predicted molar refractivity (Wildman–Crippen MR) is 171 cm³/mol. The molecule has 0 heterocycles. The van der Waals surface area contributed by atoms with Crippen molar-refractivity contribution in [3.63, 3.8) is 0 Å². The number of benzene rings is 7. The van der Waals surface area contributed by atoms with Crippen LogP contribution >= 0.6 is 0 Å². The fraction of sp³-hybridized carbons (Fsp3) is 0. The molecule has 0 aliphatic heterocycles. The van der Waals surface area contributed by atoms with Crippen molar-refractivity contribution in [2.45, 2.75) is 0 Å². The molecule has 1 N–H and O–H groups in total. The molecule has 2 nitrogen and oxygen atoms in total. The lowest BCUT2D eigenvalue weighted by Crippen LogP contribution is -2.11. The summed E-state index contributed by atoms with van der Waals surface area (Å²) in [6.07, 6.45) is 0. The Balaban J connectivity index is 1.44. The third kappa shape index (κ3) is 4.46. The van der Waals surface area contributed by atoms with Gasteiger partial charge in [-0.25, -0.2) is 0 Å². The standard InChI is InChI=1S/C38H28N2/c1-3-13-28(14-4-1)34-26-25-32(27-37(34)39-36-23-11-17-29-15-7-9-21-33(29)36)40(31-19-5-2-6-20-31)38-24-12-18-30-16-8-10-22-35(30)38/h1-27,39H. The number of anilines is 5. The SMILES string of the molecule is c1ccc(-c2ccc(N(c3ccccc3)c3cccc4ccccc34)cc2Nc2cccc3ccccc23)cc1. The summed E-state index contributed by atoms with van der Waals surface area (Å²) in [5.74, 6) is 0. The van der Waals surface area contributed by atoms with E-state index in [1.165, 1.54) is 27.1 Å². The largest absolute Gasteiger partial charge is 0.354 e. The monoisotopic (exact) mass is 512 g/mol. The number of nitrogens with zero attached hydrogens (tertiary/aromatic N) is 1. The summed E-state index contributed by atoms with van der Waals surface area (Å²) in [6, 6.07) is 58.0. The van der Waals surface area contributed by atoms with E-state index < -0.39 is 0 Å². The van der Waals surface area contributed by atoms with Crippen LogP contribution in [0.15, 0.2) is 164 Å². The molecule has 0 aromatic heterocycles. The number of para-hydroxylation sites is 1. The first-order chi connectivity index (χ1) is 19.8. The van der Waals surface area contributed by atoms with Crippen LogP contribution in [0, 0.1) is 0 Å². The Kier molecular flexibility index (Phi) is 6.20. The van der Waals surface area contributed by atoms with E-state index in [1.54, 1.807) is 0 Å². The van der Waals surface area contributed by atoms with Gasteiger partial charge in [0.2, 0.25) is 0 Å². The maximum absolute atomic E-state index is 3.82. The molecule has 0 saturated heterocycles. The lowest BCUT2D eigenvalue weighted by molar-refractivity contribution is 1.30. The Hall–Kier alpha value is -5.34. The van der Waals surface area contributed by atoms with Gasteiger partial charge in [-0.05, 0) is 52.7 Å². The molecule has 0 unspecified atom stereocenters. The van der Waals surface area contributed by atoms with Gasteiger partial charge < -0.3 is 10.2 Å². The van der Waals surface area contributed by atoms with Crippen LogP contribution in [0.1, 0.15) is 0 Å². The van der Waals surface area contributed by atoms with Crippen LogP contribution < -0.4 is 10.2 Å². The van der Waals surface area contributed by atoms with Crippen LogP contribution in [0.25, 0.3) is 32.7 Å². The van der Waals surface area contributed by atoms with Gasteiger partial charge in [0.1, 0.15) is 0 Å². The molecule has 0 saturated carbocycles. The van der Waals surface area contributed by atoms with E-state index >= 15 is 0 Å². The predicted octanol–water partition coefficient (Wildman–Crippen LogP) is 10.9. The van der Waals surface area contributed by atoms with Gasteiger partial charge in [-0.15, -0.1) is 0 Å². The Morgan fingerprint density at radius 2 is 1.00 bits per heavy atom. The zero-order valence-corrected chi connectivity index (χ0v) is 22.0. The van der Waals surface area contributed by atoms with Gasteiger partial charge >= 0.3 is 0 Å². The second-order valence-corrected chi connectivity index (χ2v) is 9.92. The summed E-state index contributed by atoms with van der Waals surface area (Å²) in [7, 11) is 0. The Bertz CT molecular complexity index is 1920. The Morgan fingerprint density at radius 1 is 0.400 bits per heavy atom. The third-order valence-corrected chi connectivity index (χ3v) is 7.43. The summed E-state index contributed by atoms with van der Waals surface area (Å²) < 4.78 is 0. The minimum absolute atomic E-state index is 1.06. The number of hydrogen-bond acceptors (Lipinski definition) is 2. The van der Waals surface area contributed by atoms with Crippen molar-refractivity contribution < 1.29 is 0 Å². The van der Waals surface area contributed by atoms with Crippen molar-refractivity contribution in [3.05, 3.63) is 164 Å². The van der Waals surface area contributed by atoms with Crippen LogP contribution in [0.3, 0.4) is 0 Å². The Labute approximate surface area is 234 Å². The van der Waals surface area contributed by atoms with E-state index in [-0.39, 0.29) is 0 Å². The molecule has 0 radical (unpaired) electrons. The van der Waals surface area contributed by atoms with E-state index in [1.807, 2.05) is 0 Å². The van der Waals surface area contributed by atoms with Crippen molar-refractivity contribution in [2.24, 2.45) is 0 Å². The zero-order valence-electron chi connectivity index (χ0n) is 22.0. The molecule has 0 spiro atoms. The van der Waals surface area contributed by atoms with E-state index in [0.29, 0.717) is 0 Å². The van der Waals surface area contributed by atoms with Crippen LogP contribution in [0.4, 0.5) is 28.4 Å². The summed E-state index contributed by atoms with van der Waals surface area (Å²) in [5.41, 5.74) is 7.82. The molecule has 40 heavy (non-hydrogen) atoms. The summed E-state index contributed by atoms with van der Waals surface area (Å²) in [5, 5.41) is 8.67. The van der Waals surface area contributed by atoms with Crippen molar-refractivity contribution in [1.29, 1.82) is 0 Å². The summed E-state index contributed by atoms with van der Waals surface area (Å²) in [4.78, 5) is 2.35. The molecule has 0 aliphatic rings. The maximum Gasteiger partial charge on any atom is 0.0540 e. The highest BCUT2D eigenvalue weighted by molar-refractivity contribution is 6.01. The first kappa shape index (κ1) is 23.8. The molecule has 0 aliphatic carbocycles. The molecule has 190 valence electrons. The number of hydrogen-bond donors (Lipinski definition) is 1. The van der Waals surface area contributed by atoms with E-state index in [0.717, 1.165) is 34.0 Å². The molecule has 0 amide bonds. The average Bonchev–Trinajstić information content (AvgIpc) is 3.03. The fourth-order valence-corrected chi connectivity index (χ4v) is 5.53. The highest BCUT2D eigenvalue weighted by Crippen LogP contribution is 2.42. The van der Waals surface area contributed by atoms with Crippen LogP contribution in [0.2, 0.25) is 0 Å². The van der Waals surface area contributed by atoms with Crippen LogP contribution in [-0.4, -0.2) is 0 Å². The van der Waals surface area contributed by atoms with Crippen molar-refractivity contribution >= 4 is 50.0 Å². The first-order valence-corrected chi connectivity index (χ1v) is 13.6. The molecular formula is C38H28N2. The molecule has 7 rings (SSSR count). The molecular weight excluding hydrogens is 484 g/mol. The fourth-order valence-electron chi connectivity index (χ4n) is 5.53. The number of fused-ring (bicyclic) bond motifs is 2. The second kappa shape index (κ2) is 10.4. The van der Waals surface area contributed by atoms with Gasteiger partial charge in [-0.2, -0.15) is 0 Å². The molecule has 0 bridgehead atoms. The Morgan fingerprint density at radius 3 is 1.77 bits per heavy atom. The highest BCUT2D eigenvalue weighted by Gasteiger charge is 2.17. The maximum atomic E-state index is 3.82. The van der Waals surface area contributed by atoms with Gasteiger partial charge in [0, 0.05) is 39.1 Å². The minimum atomic E-state index is 1.06. The van der Waals surface area contributed by atoms with E-state index in [4.69, 9.17) is 0 Å². The highest BCUT2D eigenvalue weighted by atomic mass is 15.1. The quantitative estimate of drug-likeness (QED) is 0.238. The van der Waals surface area contributed by atoms with E-state index in [9.17, 15) is 0 Å². The van der Waals surface area contributed by atoms with Gasteiger partial charge in [0.05, 0.1) is 5.69 Å². The van der Waals surface area contributed by atoms with Gasteiger partial charge in [0.25, 0.3) is 0 Å². The molecule has 0 fully saturated rings. The average molecular weight is 513 g/mol. The van der Waals surface area contributed by atoms with Crippen molar-refractivity contribution in [3.8, 4) is 11.1 Å². The normalized spacial score (nSPS) is 11.0. The zero-order chi connectivity index (χ0) is 26.7. The lowest BCUT2D eigenvalue weighted by atomic mass is 10.0. The van der Waals surface area contributed by atoms with Gasteiger partial charge in [-0.1, -0.05) is 127 Å². The molecule has 2 heteroatoms.